The van der Waals surface area contributed by atoms with Crippen LogP contribution in [-0.4, -0.2) is 21.5 Å². The number of hydrogen-bond donors (Lipinski definition) is 1. The van der Waals surface area contributed by atoms with Gasteiger partial charge in [-0.25, -0.2) is 4.98 Å². The molecule has 1 N–H and O–H groups in total. The molecule has 3 heterocycles. The molecule has 0 radical (unpaired) electrons. The molecule has 0 saturated carbocycles. The van der Waals surface area contributed by atoms with Crippen molar-refractivity contribution >= 4 is 28.6 Å². The molecule has 0 aliphatic carbocycles. The minimum absolute atomic E-state index is 0.0232. The second-order valence-corrected chi connectivity index (χ2v) is 7.50. The van der Waals surface area contributed by atoms with Gasteiger partial charge < -0.3 is 5.32 Å². The summed E-state index contributed by atoms with van der Waals surface area (Å²) in [7, 11) is 0. The molecule has 6 heteroatoms. The first-order valence-corrected chi connectivity index (χ1v) is 9.24. The van der Waals surface area contributed by atoms with Crippen LogP contribution in [-0.2, 0) is 6.42 Å². The fourth-order valence-corrected chi connectivity index (χ4v) is 4.28. The molecule has 0 aliphatic heterocycles. The number of carbonyl (C=O) groups is 1. The van der Waals surface area contributed by atoms with Crippen LogP contribution in [0.3, 0.4) is 0 Å². The minimum Gasteiger partial charge on any atom is -0.349 e. The largest absolute Gasteiger partial charge is 0.349 e. The van der Waals surface area contributed by atoms with E-state index < -0.39 is 0 Å². The summed E-state index contributed by atoms with van der Waals surface area (Å²) in [6.45, 7) is 6.01. The highest BCUT2D eigenvalue weighted by atomic mass is 32.1. The van der Waals surface area contributed by atoms with Gasteiger partial charge in [-0.3, -0.25) is 9.36 Å². The summed E-state index contributed by atoms with van der Waals surface area (Å²) in [6, 6.07) is 6.17. The Morgan fingerprint density at radius 2 is 2.17 bits per heavy atom. The van der Waals surface area contributed by atoms with E-state index in [-0.39, 0.29) is 11.9 Å². The van der Waals surface area contributed by atoms with Crippen LogP contribution in [0.1, 0.15) is 33.5 Å². The Bertz CT molecular complexity index is 788. The van der Waals surface area contributed by atoms with E-state index in [9.17, 15) is 4.79 Å². The minimum atomic E-state index is -0.0232. The van der Waals surface area contributed by atoms with E-state index in [0.29, 0.717) is 0 Å². The predicted octanol–water partition coefficient (Wildman–Crippen LogP) is 3.97. The lowest BCUT2D eigenvalue weighted by atomic mass is 10.1. The summed E-state index contributed by atoms with van der Waals surface area (Å²) in [6.07, 6.45) is 2.64. The van der Waals surface area contributed by atoms with Crippen LogP contribution in [0.25, 0.3) is 5.13 Å². The third-order valence-electron chi connectivity index (χ3n) is 3.75. The summed E-state index contributed by atoms with van der Waals surface area (Å²) in [5.41, 5.74) is 2.67. The normalized spacial score (nSPS) is 12.3. The molecular weight excluding hydrogens is 326 g/mol. The van der Waals surface area contributed by atoms with Gasteiger partial charge in [0, 0.05) is 40.3 Å². The third-order valence-corrected chi connectivity index (χ3v) is 5.41. The lowest BCUT2D eigenvalue weighted by Crippen LogP contribution is -2.34. The van der Waals surface area contributed by atoms with E-state index in [4.69, 9.17) is 0 Å². The van der Waals surface area contributed by atoms with Crippen molar-refractivity contribution in [2.24, 2.45) is 0 Å². The third kappa shape index (κ3) is 3.38. The monoisotopic (exact) mass is 345 g/mol. The fourth-order valence-electron chi connectivity index (χ4n) is 2.70. The number of amides is 1. The lowest BCUT2D eigenvalue weighted by molar-refractivity contribution is 0.0939. The van der Waals surface area contributed by atoms with E-state index in [1.54, 1.807) is 28.9 Å². The maximum Gasteiger partial charge on any atom is 0.253 e. The van der Waals surface area contributed by atoms with Crippen molar-refractivity contribution in [2.75, 3.05) is 0 Å². The van der Waals surface area contributed by atoms with Crippen molar-refractivity contribution in [3.05, 3.63) is 57.0 Å². The molecule has 0 fully saturated rings. The van der Waals surface area contributed by atoms with Crippen molar-refractivity contribution in [1.82, 2.24) is 14.9 Å². The Morgan fingerprint density at radius 3 is 2.83 bits per heavy atom. The number of hydrogen-bond acceptors (Lipinski definition) is 4. The molecule has 0 aromatic carbocycles. The SMILES string of the molecule is Cc1cc(C(=O)NC(C)Cc2cccs2)c(C)n1-c1nccs1. The second kappa shape index (κ2) is 6.68. The highest BCUT2D eigenvalue weighted by Gasteiger charge is 2.19. The number of aromatic nitrogens is 2. The van der Waals surface area contributed by atoms with E-state index in [1.807, 2.05) is 42.9 Å². The number of thiophene rings is 1. The first-order valence-electron chi connectivity index (χ1n) is 7.48. The van der Waals surface area contributed by atoms with Crippen LogP contribution < -0.4 is 5.32 Å². The highest BCUT2D eigenvalue weighted by Crippen LogP contribution is 2.22. The number of rotatable bonds is 5. The van der Waals surface area contributed by atoms with Gasteiger partial charge >= 0.3 is 0 Å². The zero-order chi connectivity index (χ0) is 16.4. The van der Waals surface area contributed by atoms with Gasteiger partial charge in [-0.15, -0.1) is 22.7 Å². The van der Waals surface area contributed by atoms with E-state index >= 15 is 0 Å². The molecule has 0 spiro atoms. The smallest absolute Gasteiger partial charge is 0.253 e. The molecule has 4 nitrogen and oxygen atoms in total. The van der Waals surface area contributed by atoms with E-state index in [2.05, 4.69) is 21.7 Å². The Kier molecular flexibility index (Phi) is 4.63. The maximum absolute atomic E-state index is 12.6. The lowest BCUT2D eigenvalue weighted by Gasteiger charge is -2.13. The molecular formula is C17H19N3OS2. The van der Waals surface area contributed by atoms with Crippen molar-refractivity contribution in [1.29, 1.82) is 0 Å². The Morgan fingerprint density at radius 1 is 1.35 bits per heavy atom. The summed E-state index contributed by atoms with van der Waals surface area (Å²) >= 11 is 3.29. The van der Waals surface area contributed by atoms with Crippen molar-refractivity contribution in [3.8, 4) is 5.13 Å². The second-order valence-electron chi connectivity index (χ2n) is 5.59. The van der Waals surface area contributed by atoms with Crippen LogP contribution in [0.4, 0.5) is 0 Å². The molecule has 1 unspecified atom stereocenters. The van der Waals surface area contributed by atoms with Gasteiger partial charge in [0.05, 0.1) is 5.56 Å². The van der Waals surface area contributed by atoms with Crippen LogP contribution >= 0.6 is 22.7 Å². The molecule has 23 heavy (non-hydrogen) atoms. The van der Waals surface area contributed by atoms with Gasteiger partial charge in [0.2, 0.25) is 0 Å². The predicted molar refractivity (Wildman–Crippen MR) is 95.9 cm³/mol. The van der Waals surface area contributed by atoms with Crippen LogP contribution in [0, 0.1) is 13.8 Å². The van der Waals surface area contributed by atoms with Gasteiger partial charge in [-0.2, -0.15) is 0 Å². The molecule has 3 aromatic heterocycles. The van der Waals surface area contributed by atoms with Crippen LogP contribution in [0.5, 0.6) is 0 Å². The Hall–Kier alpha value is -1.92. The first kappa shape index (κ1) is 16.0. The molecule has 1 atom stereocenters. The molecule has 3 aromatic rings. The quantitative estimate of drug-likeness (QED) is 0.760. The van der Waals surface area contributed by atoms with Crippen molar-refractivity contribution in [2.45, 2.75) is 33.2 Å². The standard InChI is InChI=1S/C17H19N3OS2/c1-11(9-14-5-4-7-22-14)19-16(21)15-10-12(2)20(13(15)3)17-18-6-8-23-17/h4-8,10-11H,9H2,1-3H3,(H,19,21). The zero-order valence-electron chi connectivity index (χ0n) is 13.4. The van der Waals surface area contributed by atoms with Crippen LogP contribution in [0.15, 0.2) is 35.2 Å². The number of aryl methyl sites for hydroxylation is 1. The topological polar surface area (TPSA) is 46.9 Å². The summed E-state index contributed by atoms with van der Waals surface area (Å²) < 4.78 is 2.03. The molecule has 0 bridgehead atoms. The number of carbonyl (C=O) groups excluding carboxylic acids is 1. The number of nitrogens with one attached hydrogen (secondary N) is 1. The summed E-state index contributed by atoms with van der Waals surface area (Å²) in [4.78, 5) is 18.2. The fraction of sp³-hybridized carbons (Fsp3) is 0.294. The zero-order valence-corrected chi connectivity index (χ0v) is 15.0. The Labute approximate surface area is 143 Å². The molecule has 120 valence electrons. The maximum atomic E-state index is 12.6. The highest BCUT2D eigenvalue weighted by molar-refractivity contribution is 7.12. The van der Waals surface area contributed by atoms with Gasteiger partial charge in [-0.05, 0) is 38.3 Å². The van der Waals surface area contributed by atoms with Gasteiger partial charge in [0.1, 0.15) is 0 Å². The van der Waals surface area contributed by atoms with E-state index in [0.717, 1.165) is 28.5 Å². The van der Waals surface area contributed by atoms with Gasteiger partial charge in [0.15, 0.2) is 5.13 Å². The average Bonchev–Trinajstić information content (AvgIpc) is 3.21. The number of nitrogens with zero attached hydrogens (tertiary/aromatic N) is 2. The van der Waals surface area contributed by atoms with Gasteiger partial charge in [0.25, 0.3) is 5.91 Å². The van der Waals surface area contributed by atoms with Crippen LogP contribution in [0.2, 0.25) is 0 Å². The summed E-state index contributed by atoms with van der Waals surface area (Å²) in [5.74, 6) is -0.0232. The summed E-state index contributed by atoms with van der Waals surface area (Å²) in [5, 5.41) is 8.00. The average molecular weight is 345 g/mol. The first-order chi connectivity index (χ1) is 11.1. The van der Waals surface area contributed by atoms with Crippen molar-refractivity contribution in [3.63, 3.8) is 0 Å². The van der Waals surface area contributed by atoms with Gasteiger partial charge in [-0.1, -0.05) is 6.07 Å². The number of thiazole rings is 1. The molecule has 3 rings (SSSR count). The Balaban J connectivity index is 1.76. The van der Waals surface area contributed by atoms with Crippen molar-refractivity contribution < 1.29 is 4.79 Å². The molecule has 1 amide bonds. The molecule has 0 saturated heterocycles. The van der Waals surface area contributed by atoms with E-state index in [1.165, 1.54) is 4.88 Å². The molecule has 0 aliphatic rings.